The van der Waals surface area contributed by atoms with Crippen molar-refractivity contribution in [3.63, 3.8) is 0 Å². The molecule has 0 spiro atoms. The first-order chi connectivity index (χ1) is 9.94. The summed E-state index contributed by atoms with van der Waals surface area (Å²) in [7, 11) is 0. The first-order valence-corrected chi connectivity index (χ1v) is 8.29. The Hall–Kier alpha value is -1.06. The van der Waals surface area contributed by atoms with E-state index in [1.165, 1.54) is 0 Å². The Kier molecular flexibility index (Phi) is 11.0. The van der Waals surface area contributed by atoms with Crippen LogP contribution in [-0.4, -0.2) is 24.6 Å². The van der Waals surface area contributed by atoms with Crippen molar-refractivity contribution >= 4 is 11.9 Å². The van der Waals surface area contributed by atoms with E-state index in [0.29, 0.717) is 24.9 Å². The minimum atomic E-state index is -0.219. The zero-order valence-corrected chi connectivity index (χ0v) is 14.3. The second kappa shape index (κ2) is 11.6. The normalized spacial score (nSPS) is 12.5. The summed E-state index contributed by atoms with van der Waals surface area (Å²) in [5.74, 6) is 0.327. The van der Waals surface area contributed by atoms with E-state index < -0.39 is 0 Å². The van der Waals surface area contributed by atoms with Crippen LogP contribution >= 0.6 is 0 Å². The molecule has 0 radical (unpaired) electrons. The van der Waals surface area contributed by atoms with E-state index in [4.69, 9.17) is 9.47 Å². The predicted molar refractivity (Wildman–Crippen MR) is 83.9 cm³/mol. The highest BCUT2D eigenvalue weighted by molar-refractivity contribution is 5.72. The second-order valence-corrected chi connectivity index (χ2v) is 5.90. The van der Waals surface area contributed by atoms with Crippen molar-refractivity contribution in [1.82, 2.24) is 0 Å². The van der Waals surface area contributed by atoms with E-state index >= 15 is 0 Å². The molecule has 0 heterocycles. The van der Waals surface area contributed by atoms with E-state index in [-0.39, 0.29) is 30.9 Å². The number of hydrogen-bond donors (Lipinski definition) is 0. The molecule has 21 heavy (non-hydrogen) atoms. The van der Waals surface area contributed by atoms with E-state index in [1.54, 1.807) is 0 Å². The fourth-order valence-corrected chi connectivity index (χ4v) is 2.10. The quantitative estimate of drug-likeness (QED) is 0.539. The van der Waals surface area contributed by atoms with Crippen molar-refractivity contribution in [2.24, 2.45) is 11.8 Å². The molecule has 0 aliphatic rings. The smallest absolute Gasteiger partial charge is 0.306 e. The fourth-order valence-electron chi connectivity index (χ4n) is 2.10. The zero-order valence-electron chi connectivity index (χ0n) is 14.3. The van der Waals surface area contributed by atoms with Gasteiger partial charge in [-0.2, -0.15) is 0 Å². The molecule has 0 fully saturated rings. The highest BCUT2D eigenvalue weighted by Crippen LogP contribution is 2.13. The van der Waals surface area contributed by atoms with Gasteiger partial charge >= 0.3 is 11.9 Å². The van der Waals surface area contributed by atoms with Gasteiger partial charge in [0.25, 0.3) is 0 Å². The molecule has 0 rings (SSSR count). The third-order valence-corrected chi connectivity index (χ3v) is 3.83. The Morgan fingerprint density at radius 1 is 0.905 bits per heavy atom. The predicted octanol–water partition coefficient (Wildman–Crippen LogP) is 4.11. The van der Waals surface area contributed by atoms with Crippen LogP contribution in [0.3, 0.4) is 0 Å². The fraction of sp³-hybridized carbons (Fsp3) is 0.882. The molecule has 0 amide bonds. The van der Waals surface area contributed by atoms with Crippen LogP contribution in [0.5, 0.6) is 0 Å². The summed E-state index contributed by atoms with van der Waals surface area (Å²) in [6, 6.07) is 0. The Balaban J connectivity index is 3.82. The number of rotatable bonds is 11. The summed E-state index contributed by atoms with van der Waals surface area (Å²) in [5, 5.41) is 0. The molecule has 4 nitrogen and oxygen atoms in total. The molecule has 1 unspecified atom stereocenters. The summed E-state index contributed by atoms with van der Waals surface area (Å²) in [5.41, 5.74) is 0. The second-order valence-electron chi connectivity index (χ2n) is 5.90. The number of ether oxygens (including phenoxy) is 2. The van der Waals surface area contributed by atoms with Gasteiger partial charge in [0.05, 0.1) is 6.61 Å². The summed E-state index contributed by atoms with van der Waals surface area (Å²) < 4.78 is 10.6. The van der Waals surface area contributed by atoms with E-state index in [2.05, 4.69) is 13.8 Å². The Morgan fingerprint density at radius 2 is 1.48 bits per heavy atom. The molecule has 0 saturated carbocycles. The van der Waals surface area contributed by atoms with Crippen LogP contribution in [0.25, 0.3) is 0 Å². The number of esters is 2. The lowest BCUT2D eigenvalue weighted by molar-refractivity contribution is -0.152. The molecule has 0 aliphatic heterocycles. The molecule has 0 N–H and O–H groups in total. The Morgan fingerprint density at radius 3 is 1.95 bits per heavy atom. The van der Waals surface area contributed by atoms with Gasteiger partial charge < -0.3 is 9.47 Å². The molecular weight excluding hydrogens is 268 g/mol. The van der Waals surface area contributed by atoms with Gasteiger partial charge in [0.2, 0.25) is 0 Å². The molecule has 0 aliphatic carbocycles. The van der Waals surface area contributed by atoms with Gasteiger partial charge in [0.1, 0.15) is 6.10 Å². The first kappa shape index (κ1) is 19.9. The SMILES string of the molecule is CCC(CC)COC(=O)CCCC(=O)OC(CC)C(C)C. The largest absolute Gasteiger partial charge is 0.465 e. The molecule has 0 bridgehead atoms. The summed E-state index contributed by atoms with van der Waals surface area (Å²) in [4.78, 5) is 23.3. The molecule has 0 saturated heterocycles. The highest BCUT2D eigenvalue weighted by atomic mass is 16.5. The van der Waals surface area contributed by atoms with Gasteiger partial charge in [-0.05, 0) is 24.7 Å². The van der Waals surface area contributed by atoms with Gasteiger partial charge in [0.15, 0.2) is 0 Å². The lowest BCUT2D eigenvalue weighted by Gasteiger charge is -2.19. The van der Waals surface area contributed by atoms with Gasteiger partial charge in [-0.1, -0.05) is 47.5 Å². The lowest BCUT2D eigenvalue weighted by atomic mass is 10.1. The molecule has 1 atom stereocenters. The van der Waals surface area contributed by atoms with Crippen LogP contribution in [0.1, 0.15) is 73.1 Å². The van der Waals surface area contributed by atoms with Crippen molar-refractivity contribution in [3.05, 3.63) is 0 Å². The number of carbonyl (C=O) groups excluding carboxylic acids is 2. The van der Waals surface area contributed by atoms with Crippen molar-refractivity contribution in [3.8, 4) is 0 Å². The van der Waals surface area contributed by atoms with E-state index in [0.717, 1.165) is 19.3 Å². The van der Waals surface area contributed by atoms with E-state index in [9.17, 15) is 9.59 Å². The highest BCUT2D eigenvalue weighted by Gasteiger charge is 2.16. The van der Waals surface area contributed by atoms with Crippen molar-refractivity contribution in [2.45, 2.75) is 79.2 Å². The maximum atomic E-state index is 11.7. The third-order valence-electron chi connectivity index (χ3n) is 3.83. The summed E-state index contributed by atoms with van der Waals surface area (Å²) in [6.45, 7) is 10.8. The third kappa shape index (κ3) is 9.48. The van der Waals surface area contributed by atoms with Crippen LogP contribution in [0.4, 0.5) is 0 Å². The van der Waals surface area contributed by atoms with Crippen LogP contribution in [0.2, 0.25) is 0 Å². The Labute approximate surface area is 129 Å². The van der Waals surface area contributed by atoms with E-state index in [1.807, 2.05) is 20.8 Å². The van der Waals surface area contributed by atoms with Crippen molar-refractivity contribution in [2.75, 3.05) is 6.61 Å². The van der Waals surface area contributed by atoms with Crippen molar-refractivity contribution in [1.29, 1.82) is 0 Å². The maximum Gasteiger partial charge on any atom is 0.306 e. The zero-order chi connectivity index (χ0) is 16.3. The van der Waals surface area contributed by atoms with Gasteiger partial charge in [-0.15, -0.1) is 0 Å². The number of carbonyl (C=O) groups is 2. The average molecular weight is 300 g/mol. The van der Waals surface area contributed by atoms with Crippen LogP contribution in [-0.2, 0) is 19.1 Å². The first-order valence-electron chi connectivity index (χ1n) is 8.29. The Bertz CT molecular complexity index is 295. The maximum absolute atomic E-state index is 11.7. The lowest BCUT2D eigenvalue weighted by Crippen LogP contribution is -2.22. The summed E-state index contributed by atoms with van der Waals surface area (Å²) in [6.07, 6.45) is 3.89. The molecule has 0 aromatic carbocycles. The van der Waals surface area contributed by atoms with Gasteiger partial charge in [0, 0.05) is 12.8 Å². The van der Waals surface area contributed by atoms with Crippen LogP contribution in [0, 0.1) is 11.8 Å². The molecule has 124 valence electrons. The average Bonchev–Trinajstić information content (AvgIpc) is 2.45. The molecule has 0 aromatic rings. The van der Waals surface area contributed by atoms with Crippen molar-refractivity contribution < 1.29 is 19.1 Å². The number of hydrogen-bond acceptors (Lipinski definition) is 4. The molecule has 0 aromatic heterocycles. The minimum Gasteiger partial charge on any atom is -0.465 e. The van der Waals surface area contributed by atoms with Gasteiger partial charge in [-0.3, -0.25) is 9.59 Å². The van der Waals surface area contributed by atoms with Crippen LogP contribution < -0.4 is 0 Å². The topological polar surface area (TPSA) is 52.6 Å². The molecular formula is C17H32O4. The van der Waals surface area contributed by atoms with Gasteiger partial charge in [-0.25, -0.2) is 0 Å². The molecule has 4 heteroatoms. The van der Waals surface area contributed by atoms with Crippen LogP contribution in [0.15, 0.2) is 0 Å². The standard InChI is InChI=1S/C17H32O4/c1-6-14(7-2)12-20-16(18)10-9-11-17(19)21-15(8-3)13(4)5/h13-15H,6-12H2,1-5H3. The monoisotopic (exact) mass is 300 g/mol. The summed E-state index contributed by atoms with van der Waals surface area (Å²) >= 11 is 0. The minimum absolute atomic E-state index is 0.0284.